The Morgan fingerprint density at radius 1 is 1.15 bits per heavy atom. The van der Waals surface area contributed by atoms with Gasteiger partial charge in [0.15, 0.2) is 0 Å². The summed E-state index contributed by atoms with van der Waals surface area (Å²) in [6.45, 7) is 6.25. The van der Waals surface area contributed by atoms with Gasteiger partial charge in [0.25, 0.3) is 0 Å². The summed E-state index contributed by atoms with van der Waals surface area (Å²) in [6, 6.07) is 0. The van der Waals surface area contributed by atoms with E-state index in [1.54, 1.807) is 6.92 Å². The average Bonchev–Trinajstić information content (AvgIpc) is 2.03. The van der Waals surface area contributed by atoms with E-state index in [0.717, 1.165) is 18.8 Å². The minimum atomic E-state index is 0.335. The number of Topliss-reactive ketones (excluding diaryl/α,β-unsaturated/α-hetero) is 1. The zero-order valence-corrected chi connectivity index (χ0v) is 9.44. The second-order valence-electron chi connectivity index (χ2n) is 4.20. The lowest BCUT2D eigenvalue weighted by Crippen LogP contribution is -1.94. The lowest BCUT2D eigenvalue weighted by atomic mass is 9.98. The molecule has 1 heteroatoms. The lowest BCUT2D eigenvalue weighted by Gasteiger charge is -2.08. The number of ketones is 1. The van der Waals surface area contributed by atoms with Crippen LogP contribution < -0.4 is 0 Å². The molecular weight excluding hydrogens is 160 g/mol. The molecule has 78 valence electrons. The maximum atomic E-state index is 10.6. The van der Waals surface area contributed by atoms with Gasteiger partial charge in [-0.05, 0) is 19.3 Å². The van der Waals surface area contributed by atoms with Gasteiger partial charge in [0, 0.05) is 6.42 Å². The zero-order chi connectivity index (χ0) is 10.1. The molecule has 13 heavy (non-hydrogen) atoms. The van der Waals surface area contributed by atoms with E-state index in [4.69, 9.17) is 0 Å². The molecule has 0 spiro atoms. The molecule has 0 heterocycles. The van der Waals surface area contributed by atoms with E-state index in [2.05, 4.69) is 13.8 Å². The normalized spacial score (nSPS) is 12.8. The predicted molar refractivity (Wildman–Crippen MR) is 57.8 cm³/mol. The van der Waals surface area contributed by atoms with Crippen molar-refractivity contribution in [2.75, 3.05) is 0 Å². The van der Waals surface area contributed by atoms with Crippen molar-refractivity contribution in [1.29, 1.82) is 0 Å². The molecular formula is C12H24O. The van der Waals surface area contributed by atoms with E-state index in [-0.39, 0.29) is 0 Å². The summed E-state index contributed by atoms with van der Waals surface area (Å²) in [5.41, 5.74) is 0. The molecule has 0 bridgehead atoms. The summed E-state index contributed by atoms with van der Waals surface area (Å²) in [7, 11) is 0. The third kappa shape index (κ3) is 9.59. The monoisotopic (exact) mass is 184 g/mol. The average molecular weight is 184 g/mol. The Labute approximate surface area is 82.9 Å². The molecule has 0 aliphatic rings. The molecule has 0 rings (SSSR count). The molecule has 0 aromatic rings. The van der Waals surface area contributed by atoms with Crippen LogP contribution in [0.5, 0.6) is 0 Å². The van der Waals surface area contributed by atoms with Crippen LogP contribution in [0.15, 0.2) is 0 Å². The van der Waals surface area contributed by atoms with Crippen molar-refractivity contribution in [3.63, 3.8) is 0 Å². The molecule has 0 aromatic heterocycles. The molecule has 1 unspecified atom stereocenters. The highest BCUT2D eigenvalue weighted by Crippen LogP contribution is 2.14. The number of carbonyl (C=O) groups is 1. The highest BCUT2D eigenvalue weighted by Gasteiger charge is 2.00. The van der Waals surface area contributed by atoms with Crippen LogP contribution >= 0.6 is 0 Å². The second-order valence-corrected chi connectivity index (χ2v) is 4.20. The van der Waals surface area contributed by atoms with E-state index in [1.165, 1.54) is 32.1 Å². The van der Waals surface area contributed by atoms with E-state index in [1.807, 2.05) is 0 Å². The van der Waals surface area contributed by atoms with Crippen molar-refractivity contribution in [2.24, 2.45) is 5.92 Å². The largest absolute Gasteiger partial charge is 0.300 e. The zero-order valence-electron chi connectivity index (χ0n) is 9.44. The molecule has 0 aliphatic carbocycles. The highest BCUT2D eigenvalue weighted by molar-refractivity contribution is 5.75. The Morgan fingerprint density at radius 2 is 1.85 bits per heavy atom. The number of unbranched alkanes of at least 4 members (excludes halogenated alkanes) is 2. The van der Waals surface area contributed by atoms with Crippen LogP contribution in [-0.2, 0) is 4.79 Å². The Bertz CT molecular complexity index is 129. The summed E-state index contributed by atoms with van der Waals surface area (Å²) in [6.07, 6.45) is 8.39. The van der Waals surface area contributed by atoms with Crippen LogP contribution in [-0.4, -0.2) is 5.78 Å². The summed E-state index contributed by atoms with van der Waals surface area (Å²) in [5, 5.41) is 0. The first-order chi connectivity index (χ1) is 6.16. The second kappa shape index (κ2) is 8.28. The van der Waals surface area contributed by atoms with Crippen LogP contribution in [0.2, 0.25) is 0 Å². The molecule has 0 amide bonds. The first kappa shape index (κ1) is 12.7. The van der Waals surface area contributed by atoms with Gasteiger partial charge in [-0.25, -0.2) is 0 Å². The van der Waals surface area contributed by atoms with Crippen LogP contribution in [0, 0.1) is 5.92 Å². The number of rotatable bonds is 8. The van der Waals surface area contributed by atoms with Gasteiger partial charge in [-0.2, -0.15) is 0 Å². The Morgan fingerprint density at radius 3 is 2.38 bits per heavy atom. The van der Waals surface area contributed by atoms with Gasteiger partial charge in [-0.3, -0.25) is 0 Å². The molecule has 1 atom stereocenters. The molecule has 0 aromatic carbocycles. The van der Waals surface area contributed by atoms with Gasteiger partial charge in [-0.1, -0.05) is 46.0 Å². The van der Waals surface area contributed by atoms with Crippen LogP contribution in [0.4, 0.5) is 0 Å². The van der Waals surface area contributed by atoms with Crippen LogP contribution in [0.3, 0.4) is 0 Å². The van der Waals surface area contributed by atoms with Gasteiger partial charge in [0.2, 0.25) is 0 Å². The Hall–Kier alpha value is -0.330. The van der Waals surface area contributed by atoms with Crippen LogP contribution in [0.1, 0.15) is 65.7 Å². The molecule has 0 N–H and O–H groups in total. The van der Waals surface area contributed by atoms with Gasteiger partial charge >= 0.3 is 0 Å². The fraction of sp³-hybridized carbons (Fsp3) is 0.917. The Kier molecular flexibility index (Phi) is 8.07. The quantitative estimate of drug-likeness (QED) is 0.522. The topological polar surface area (TPSA) is 17.1 Å². The van der Waals surface area contributed by atoms with Gasteiger partial charge in [-0.15, -0.1) is 0 Å². The third-order valence-electron chi connectivity index (χ3n) is 2.51. The van der Waals surface area contributed by atoms with E-state index in [0.29, 0.717) is 5.78 Å². The summed E-state index contributed by atoms with van der Waals surface area (Å²) >= 11 is 0. The van der Waals surface area contributed by atoms with Crippen molar-refractivity contribution in [3.05, 3.63) is 0 Å². The van der Waals surface area contributed by atoms with E-state index < -0.39 is 0 Å². The van der Waals surface area contributed by atoms with Crippen molar-refractivity contribution in [3.8, 4) is 0 Å². The Balaban J connectivity index is 3.11. The third-order valence-corrected chi connectivity index (χ3v) is 2.51. The number of carbonyl (C=O) groups excluding carboxylic acids is 1. The molecule has 1 nitrogen and oxygen atoms in total. The van der Waals surface area contributed by atoms with Crippen molar-refractivity contribution in [2.45, 2.75) is 65.7 Å². The summed E-state index contributed by atoms with van der Waals surface area (Å²) < 4.78 is 0. The summed E-state index contributed by atoms with van der Waals surface area (Å²) in [4.78, 5) is 10.6. The molecule has 0 aliphatic heterocycles. The highest BCUT2D eigenvalue weighted by atomic mass is 16.1. The van der Waals surface area contributed by atoms with E-state index in [9.17, 15) is 4.79 Å². The minimum Gasteiger partial charge on any atom is -0.300 e. The first-order valence-electron chi connectivity index (χ1n) is 5.66. The minimum absolute atomic E-state index is 0.335. The standard InChI is InChI=1S/C12H24O/c1-4-8-11(2)9-6-5-7-10-12(3)13/h11H,4-10H2,1-3H3. The van der Waals surface area contributed by atoms with E-state index >= 15 is 0 Å². The molecule has 0 saturated carbocycles. The molecule has 0 fully saturated rings. The maximum Gasteiger partial charge on any atom is 0.129 e. The van der Waals surface area contributed by atoms with Crippen LogP contribution in [0.25, 0.3) is 0 Å². The SMILES string of the molecule is CCCC(C)CCCCCC(C)=O. The predicted octanol–water partition coefficient (Wildman–Crippen LogP) is 3.96. The summed E-state index contributed by atoms with van der Waals surface area (Å²) in [5.74, 6) is 1.21. The number of hydrogen-bond donors (Lipinski definition) is 0. The maximum absolute atomic E-state index is 10.6. The van der Waals surface area contributed by atoms with Gasteiger partial charge < -0.3 is 4.79 Å². The fourth-order valence-electron chi connectivity index (χ4n) is 1.68. The van der Waals surface area contributed by atoms with Gasteiger partial charge in [0.1, 0.15) is 5.78 Å². The molecule has 0 radical (unpaired) electrons. The van der Waals surface area contributed by atoms with Crippen molar-refractivity contribution in [1.82, 2.24) is 0 Å². The number of hydrogen-bond acceptors (Lipinski definition) is 1. The first-order valence-corrected chi connectivity index (χ1v) is 5.66. The smallest absolute Gasteiger partial charge is 0.129 e. The lowest BCUT2D eigenvalue weighted by molar-refractivity contribution is -0.117. The van der Waals surface area contributed by atoms with Crippen molar-refractivity contribution < 1.29 is 4.79 Å². The molecule has 0 saturated heterocycles. The fourth-order valence-corrected chi connectivity index (χ4v) is 1.68. The van der Waals surface area contributed by atoms with Crippen molar-refractivity contribution >= 4 is 5.78 Å². The van der Waals surface area contributed by atoms with Gasteiger partial charge in [0.05, 0.1) is 0 Å².